The van der Waals surface area contributed by atoms with Crippen LogP contribution >= 0.6 is 0 Å². The second kappa shape index (κ2) is 5.68. The predicted molar refractivity (Wildman–Crippen MR) is 72.0 cm³/mol. The number of nitrogens with zero attached hydrogens (tertiary/aromatic N) is 2. The fraction of sp³-hybridized carbons (Fsp3) is 0. The summed E-state index contributed by atoms with van der Waals surface area (Å²) in [5, 5.41) is 15.2. The predicted octanol–water partition coefficient (Wildman–Crippen LogP) is 2.55. The van der Waals surface area contributed by atoms with Crippen LogP contribution in [0.15, 0.2) is 64.7 Å². The Morgan fingerprint density at radius 3 is 2.20 bits per heavy atom. The van der Waals surface area contributed by atoms with Gasteiger partial charge in [0.2, 0.25) is 0 Å². The molecule has 0 aromatic heterocycles. The van der Waals surface area contributed by atoms with Gasteiger partial charge >= 0.3 is 0 Å². The molecule has 0 saturated heterocycles. The van der Waals surface area contributed by atoms with Gasteiger partial charge < -0.3 is 5.21 Å². The lowest BCUT2D eigenvalue weighted by Gasteiger charge is -2.04. The Kier molecular flexibility index (Phi) is 3.97. The first-order valence-electron chi connectivity index (χ1n) is 5.53. The number of nitrogens with one attached hydrogen (secondary N) is 1. The largest absolute Gasteiger partial charge is 0.691 e. The van der Waals surface area contributed by atoms with Crippen molar-refractivity contribution in [2.75, 3.05) is 5.43 Å². The van der Waals surface area contributed by atoms with Gasteiger partial charge in [-0.25, -0.2) is 0 Å². The second-order valence-corrected chi connectivity index (χ2v) is 5.24. The van der Waals surface area contributed by atoms with Crippen molar-refractivity contribution in [2.24, 2.45) is 5.22 Å². The number of hydrogen-bond donors (Lipinski definition) is 2. The summed E-state index contributed by atoms with van der Waals surface area (Å²) in [6, 6.07) is 13.5. The lowest BCUT2D eigenvalue weighted by molar-refractivity contribution is -0.439. The Morgan fingerprint density at radius 2 is 1.65 bits per heavy atom. The smallest absolute Gasteiger partial charge is 0.294 e. The van der Waals surface area contributed by atoms with E-state index in [1.165, 1.54) is 24.3 Å². The number of anilines is 1. The van der Waals surface area contributed by atoms with E-state index in [9.17, 15) is 13.6 Å². The van der Waals surface area contributed by atoms with Crippen molar-refractivity contribution in [2.45, 2.75) is 4.90 Å². The van der Waals surface area contributed by atoms with Gasteiger partial charge in [0.05, 0.1) is 10.1 Å². The molecule has 0 radical (unpaired) electrons. The molecule has 0 fully saturated rings. The van der Waals surface area contributed by atoms with E-state index in [0.29, 0.717) is 16.2 Å². The van der Waals surface area contributed by atoms with Crippen LogP contribution in [0.2, 0.25) is 0 Å². The molecule has 0 amide bonds. The number of para-hydroxylation sites is 1. The van der Waals surface area contributed by atoms with Gasteiger partial charge in [0.25, 0.3) is 10.1 Å². The maximum absolute atomic E-state index is 11.6. The van der Waals surface area contributed by atoms with Gasteiger partial charge in [-0.1, -0.05) is 18.2 Å². The summed E-state index contributed by atoms with van der Waals surface area (Å²) >= 11 is 0. The van der Waals surface area contributed by atoms with Gasteiger partial charge in [-0.05, 0) is 36.4 Å². The molecule has 104 valence electrons. The minimum atomic E-state index is -4.22. The van der Waals surface area contributed by atoms with Crippen LogP contribution in [0.4, 0.5) is 11.4 Å². The van der Waals surface area contributed by atoms with E-state index in [-0.39, 0.29) is 4.90 Å². The maximum Gasteiger partial charge on any atom is 0.294 e. The molecule has 0 aliphatic heterocycles. The van der Waals surface area contributed by atoms with E-state index in [1.54, 1.807) is 30.3 Å². The summed E-state index contributed by atoms with van der Waals surface area (Å²) in [5.74, 6) is 0. The molecular weight excluding hydrogens is 282 g/mol. The average molecular weight is 293 g/mol. The standard InChI is InChI=1S/C12H11N3O4S/c16-15(11-4-2-1-3-5-11)14-13-10-6-8-12(9-7-10)20(17,18)19/h1-9,13H,(H,17,18,19)/b15-14-. The van der Waals surface area contributed by atoms with Crippen LogP contribution in [0.25, 0.3) is 0 Å². The van der Waals surface area contributed by atoms with Crippen LogP contribution < -0.4 is 5.43 Å². The van der Waals surface area contributed by atoms with Gasteiger partial charge in [0.15, 0.2) is 5.69 Å². The van der Waals surface area contributed by atoms with Crippen LogP contribution in [0.3, 0.4) is 0 Å². The molecule has 0 aliphatic rings. The summed E-state index contributed by atoms with van der Waals surface area (Å²) in [6.07, 6.45) is 0. The Bertz CT molecular complexity index is 712. The molecule has 2 rings (SSSR count). The zero-order chi connectivity index (χ0) is 14.6. The highest BCUT2D eigenvalue weighted by molar-refractivity contribution is 7.85. The quantitative estimate of drug-likeness (QED) is 0.390. The van der Waals surface area contributed by atoms with Gasteiger partial charge in [0.1, 0.15) is 5.69 Å². The summed E-state index contributed by atoms with van der Waals surface area (Å²) in [7, 11) is -4.22. The Hall–Kier alpha value is -2.45. The van der Waals surface area contributed by atoms with Crippen LogP contribution in [0, 0.1) is 5.21 Å². The first-order valence-corrected chi connectivity index (χ1v) is 6.97. The summed E-state index contributed by atoms with van der Waals surface area (Å²) in [4.78, 5) is 0.168. The van der Waals surface area contributed by atoms with Crippen molar-refractivity contribution in [3.05, 3.63) is 59.8 Å². The van der Waals surface area contributed by atoms with E-state index in [4.69, 9.17) is 4.55 Å². The van der Waals surface area contributed by atoms with Crippen LogP contribution in [0.1, 0.15) is 0 Å². The third kappa shape index (κ3) is 3.53. The third-order valence-electron chi connectivity index (χ3n) is 2.40. The lowest BCUT2D eigenvalue weighted by atomic mass is 10.3. The molecule has 0 spiro atoms. The highest BCUT2D eigenvalue weighted by atomic mass is 32.2. The SMILES string of the molecule is O=S(=O)(O)c1ccc(N/N=[N+](\[O-])c2ccccc2)cc1. The van der Waals surface area contributed by atoms with Crippen molar-refractivity contribution in [1.29, 1.82) is 0 Å². The fourth-order valence-electron chi connectivity index (χ4n) is 1.42. The molecule has 2 aromatic carbocycles. The molecule has 0 aliphatic carbocycles. The van der Waals surface area contributed by atoms with Crippen LogP contribution in [-0.4, -0.2) is 17.8 Å². The first kappa shape index (κ1) is 14.0. The van der Waals surface area contributed by atoms with Gasteiger partial charge in [0, 0.05) is 0 Å². The van der Waals surface area contributed by atoms with E-state index in [1.807, 2.05) is 0 Å². The third-order valence-corrected chi connectivity index (χ3v) is 3.27. The normalized spacial score (nSPS) is 12.2. The summed E-state index contributed by atoms with van der Waals surface area (Å²) in [6.45, 7) is 0. The molecule has 0 saturated carbocycles. The zero-order valence-electron chi connectivity index (χ0n) is 10.2. The van der Waals surface area contributed by atoms with E-state index >= 15 is 0 Å². The Balaban J connectivity index is 2.12. The minimum Gasteiger partial charge on any atom is -0.691 e. The highest BCUT2D eigenvalue weighted by Gasteiger charge is 2.09. The molecule has 7 nitrogen and oxygen atoms in total. The summed E-state index contributed by atoms with van der Waals surface area (Å²) in [5.41, 5.74) is 3.25. The first-order chi connectivity index (χ1) is 9.47. The fourth-order valence-corrected chi connectivity index (χ4v) is 1.90. The molecule has 0 unspecified atom stereocenters. The highest BCUT2D eigenvalue weighted by Crippen LogP contribution is 2.15. The molecule has 0 bridgehead atoms. The second-order valence-electron chi connectivity index (χ2n) is 3.82. The topological polar surface area (TPSA) is 105 Å². The van der Waals surface area contributed by atoms with E-state index < -0.39 is 10.1 Å². The average Bonchev–Trinajstić information content (AvgIpc) is 2.45. The Morgan fingerprint density at radius 1 is 1.05 bits per heavy atom. The lowest BCUT2D eigenvalue weighted by Crippen LogP contribution is -2.00. The number of benzene rings is 2. The maximum atomic E-state index is 11.6. The Labute approximate surface area is 115 Å². The zero-order valence-corrected chi connectivity index (χ0v) is 11.0. The molecular formula is C12H11N3O4S. The van der Waals surface area contributed by atoms with Crippen molar-refractivity contribution in [3.63, 3.8) is 0 Å². The number of rotatable bonds is 4. The van der Waals surface area contributed by atoms with Crippen LogP contribution in [0.5, 0.6) is 0 Å². The van der Waals surface area contributed by atoms with Gasteiger partial charge in [-0.3, -0.25) is 4.55 Å². The van der Waals surface area contributed by atoms with E-state index in [0.717, 1.165) is 0 Å². The van der Waals surface area contributed by atoms with Crippen molar-refractivity contribution < 1.29 is 17.8 Å². The molecule has 0 heterocycles. The van der Waals surface area contributed by atoms with Crippen LogP contribution in [-0.2, 0) is 10.1 Å². The molecule has 20 heavy (non-hydrogen) atoms. The van der Waals surface area contributed by atoms with Gasteiger partial charge in [-0.2, -0.15) is 8.42 Å². The molecule has 2 aromatic rings. The molecule has 0 atom stereocenters. The van der Waals surface area contributed by atoms with Gasteiger partial charge in [-0.15, -0.1) is 10.3 Å². The number of hydrogen-bond acceptors (Lipinski definition) is 4. The monoisotopic (exact) mass is 293 g/mol. The van der Waals surface area contributed by atoms with Crippen molar-refractivity contribution in [1.82, 2.24) is 0 Å². The van der Waals surface area contributed by atoms with Crippen molar-refractivity contribution in [3.8, 4) is 0 Å². The van der Waals surface area contributed by atoms with E-state index in [2.05, 4.69) is 10.6 Å². The summed E-state index contributed by atoms with van der Waals surface area (Å²) < 4.78 is 30.5. The van der Waals surface area contributed by atoms with Crippen molar-refractivity contribution >= 4 is 21.5 Å². The minimum absolute atomic E-state index is 0.231. The molecule has 2 N–H and O–H groups in total. The molecule has 8 heteroatoms.